The Bertz CT molecular complexity index is 1030. The van der Waals surface area contributed by atoms with Crippen molar-refractivity contribution in [3.8, 4) is 0 Å². The summed E-state index contributed by atoms with van der Waals surface area (Å²) >= 11 is 0. The molecule has 0 spiro atoms. The molecule has 0 amide bonds. The molecule has 4 rings (SSSR count). The smallest absolute Gasteiger partial charge is 0.225 e. The Balaban J connectivity index is 1.36. The zero-order chi connectivity index (χ0) is 22.0. The fourth-order valence-corrected chi connectivity index (χ4v) is 4.82. The maximum atomic E-state index is 4.80. The fourth-order valence-electron chi connectivity index (χ4n) is 4.82. The van der Waals surface area contributed by atoms with E-state index < -0.39 is 0 Å². The molecular formula is C26H35N5. The SMILES string of the molecule is Cc1cc(C)c(CN[C@H]2CC[C@@H](Nc3nc(N(C)C)c4ccccc4n3)CC2)c(C)c1. The number of nitrogens with one attached hydrogen (secondary N) is 2. The molecule has 2 N–H and O–H groups in total. The summed E-state index contributed by atoms with van der Waals surface area (Å²) in [6, 6.07) is 13.8. The third-order valence-electron chi connectivity index (χ3n) is 6.48. The average molecular weight is 418 g/mol. The Labute approximate surface area is 186 Å². The first-order valence-electron chi connectivity index (χ1n) is 11.4. The average Bonchev–Trinajstić information content (AvgIpc) is 2.73. The molecule has 3 aromatic rings. The number of rotatable bonds is 6. The number of benzene rings is 2. The number of hydrogen-bond donors (Lipinski definition) is 2. The second-order valence-corrected chi connectivity index (χ2v) is 9.23. The molecule has 1 aromatic heterocycles. The zero-order valence-electron chi connectivity index (χ0n) is 19.5. The van der Waals surface area contributed by atoms with Crippen LogP contribution in [0.2, 0.25) is 0 Å². The van der Waals surface area contributed by atoms with Gasteiger partial charge in [-0.1, -0.05) is 29.8 Å². The van der Waals surface area contributed by atoms with Crippen LogP contribution in [0.25, 0.3) is 10.9 Å². The van der Waals surface area contributed by atoms with Gasteiger partial charge in [-0.05, 0) is 75.3 Å². The van der Waals surface area contributed by atoms with Gasteiger partial charge >= 0.3 is 0 Å². The monoisotopic (exact) mass is 417 g/mol. The van der Waals surface area contributed by atoms with E-state index in [1.165, 1.54) is 35.1 Å². The number of aryl methyl sites for hydroxylation is 3. The molecule has 1 fully saturated rings. The van der Waals surface area contributed by atoms with Crippen LogP contribution in [0, 0.1) is 20.8 Å². The van der Waals surface area contributed by atoms with Gasteiger partial charge in [0.1, 0.15) is 5.82 Å². The van der Waals surface area contributed by atoms with E-state index in [-0.39, 0.29) is 0 Å². The molecule has 0 radical (unpaired) electrons. The summed E-state index contributed by atoms with van der Waals surface area (Å²) in [4.78, 5) is 11.6. The molecule has 0 saturated heterocycles. The highest BCUT2D eigenvalue weighted by Crippen LogP contribution is 2.26. The van der Waals surface area contributed by atoms with Crippen molar-refractivity contribution in [3.63, 3.8) is 0 Å². The van der Waals surface area contributed by atoms with Crippen molar-refractivity contribution in [1.29, 1.82) is 0 Å². The van der Waals surface area contributed by atoms with Gasteiger partial charge in [0.2, 0.25) is 5.95 Å². The molecule has 5 nitrogen and oxygen atoms in total. The van der Waals surface area contributed by atoms with E-state index in [1.807, 2.05) is 26.2 Å². The molecule has 1 aliphatic rings. The standard InChI is InChI=1S/C26H35N5/c1-17-14-18(2)23(19(3)15-17)16-27-20-10-12-21(13-11-20)28-26-29-24-9-7-6-8-22(24)25(30-26)31(4)5/h6-9,14-15,20-21,27H,10-13,16H2,1-5H3,(H,28,29,30)/t20-,21+. The number of hydrogen-bond acceptors (Lipinski definition) is 5. The molecule has 1 aliphatic carbocycles. The topological polar surface area (TPSA) is 53.1 Å². The quantitative estimate of drug-likeness (QED) is 0.582. The second kappa shape index (κ2) is 9.23. The van der Waals surface area contributed by atoms with Crippen LogP contribution >= 0.6 is 0 Å². The van der Waals surface area contributed by atoms with Gasteiger partial charge in [0.15, 0.2) is 0 Å². The predicted molar refractivity (Wildman–Crippen MR) is 131 cm³/mol. The minimum Gasteiger partial charge on any atom is -0.362 e. The van der Waals surface area contributed by atoms with Crippen LogP contribution in [0.4, 0.5) is 11.8 Å². The largest absolute Gasteiger partial charge is 0.362 e. The minimum atomic E-state index is 0.428. The van der Waals surface area contributed by atoms with Gasteiger partial charge in [0.05, 0.1) is 5.52 Å². The number of para-hydroxylation sites is 1. The molecule has 31 heavy (non-hydrogen) atoms. The Morgan fingerprint density at radius 2 is 1.55 bits per heavy atom. The van der Waals surface area contributed by atoms with Crippen LogP contribution in [0.5, 0.6) is 0 Å². The van der Waals surface area contributed by atoms with E-state index in [9.17, 15) is 0 Å². The lowest BCUT2D eigenvalue weighted by Crippen LogP contribution is -2.37. The van der Waals surface area contributed by atoms with E-state index in [4.69, 9.17) is 9.97 Å². The molecule has 1 heterocycles. The Hall–Kier alpha value is -2.66. The van der Waals surface area contributed by atoms with E-state index in [0.29, 0.717) is 12.1 Å². The number of aromatic nitrogens is 2. The zero-order valence-corrected chi connectivity index (χ0v) is 19.5. The second-order valence-electron chi connectivity index (χ2n) is 9.23. The number of anilines is 2. The van der Waals surface area contributed by atoms with Gasteiger partial charge in [-0.3, -0.25) is 0 Å². The Morgan fingerprint density at radius 3 is 2.23 bits per heavy atom. The van der Waals surface area contributed by atoms with Gasteiger partial charge in [-0.2, -0.15) is 4.98 Å². The highest BCUT2D eigenvalue weighted by molar-refractivity contribution is 5.90. The summed E-state index contributed by atoms with van der Waals surface area (Å²) < 4.78 is 0. The number of nitrogens with zero attached hydrogens (tertiary/aromatic N) is 3. The van der Waals surface area contributed by atoms with Crippen molar-refractivity contribution < 1.29 is 0 Å². The molecule has 164 valence electrons. The van der Waals surface area contributed by atoms with Crippen LogP contribution in [-0.2, 0) is 6.54 Å². The molecule has 5 heteroatoms. The number of fused-ring (bicyclic) bond motifs is 1. The first-order valence-corrected chi connectivity index (χ1v) is 11.4. The maximum absolute atomic E-state index is 4.80. The van der Waals surface area contributed by atoms with Gasteiger partial charge in [-0.15, -0.1) is 0 Å². The molecule has 0 aliphatic heterocycles. The van der Waals surface area contributed by atoms with E-state index >= 15 is 0 Å². The highest BCUT2D eigenvalue weighted by atomic mass is 15.2. The molecular weight excluding hydrogens is 382 g/mol. The van der Waals surface area contributed by atoms with Crippen molar-refractivity contribution >= 4 is 22.7 Å². The summed E-state index contributed by atoms with van der Waals surface area (Å²) in [6.45, 7) is 7.58. The molecule has 0 unspecified atom stereocenters. The lowest BCUT2D eigenvalue weighted by molar-refractivity contribution is 0.352. The maximum Gasteiger partial charge on any atom is 0.225 e. The Kier molecular flexibility index (Phi) is 6.42. The fraction of sp³-hybridized carbons (Fsp3) is 0.462. The van der Waals surface area contributed by atoms with Crippen LogP contribution in [0.1, 0.15) is 47.9 Å². The lowest BCUT2D eigenvalue weighted by atomic mass is 9.90. The summed E-state index contributed by atoms with van der Waals surface area (Å²) in [5.41, 5.74) is 6.57. The van der Waals surface area contributed by atoms with Crippen LogP contribution in [0.3, 0.4) is 0 Å². The van der Waals surface area contributed by atoms with Crippen molar-refractivity contribution in [1.82, 2.24) is 15.3 Å². The van der Waals surface area contributed by atoms with Crippen LogP contribution in [0.15, 0.2) is 36.4 Å². The summed E-state index contributed by atoms with van der Waals surface area (Å²) in [5.74, 6) is 1.71. The van der Waals surface area contributed by atoms with Crippen molar-refractivity contribution in [2.75, 3.05) is 24.3 Å². The van der Waals surface area contributed by atoms with Gasteiger partial charge < -0.3 is 15.5 Å². The van der Waals surface area contributed by atoms with E-state index in [2.05, 4.69) is 60.6 Å². The molecule has 0 bridgehead atoms. The third kappa shape index (κ3) is 4.99. The first-order chi connectivity index (χ1) is 14.9. The minimum absolute atomic E-state index is 0.428. The van der Waals surface area contributed by atoms with Crippen molar-refractivity contribution in [2.45, 2.75) is 65.1 Å². The molecule has 1 saturated carbocycles. The lowest BCUT2D eigenvalue weighted by Gasteiger charge is -2.30. The highest BCUT2D eigenvalue weighted by Gasteiger charge is 2.22. The Morgan fingerprint density at radius 1 is 0.903 bits per heavy atom. The van der Waals surface area contributed by atoms with Crippen molar-refractivity contribution in [2.24, 2.45) is 0 Å². The summed E-state index contributed by atoms with van der Waals surface area (Å²) in [6.07, 6.45) is 4.62. The van der Waals surface area contributed by atoms with Crippen molar-refractivity contribution in [3.05, 3.63) is 58.7 Å². The van der Waals surface area contributed by atoms with E-state index in [0.717, 1.165) is 42.1 Å². The third-order valence-corrected chi connectivity index (χ3v) is 6.48. The predicted octanol–water partition coefficient (Wildman–Crippen LogP) is 5.13. The summed E-state index contributed by atoms with van der Waals surface area (Å²) in [7, 11) is 4.07. The van der Waals surface area contributed by atoms with Crippen LogP contribution < -0.4 is 15.5 Å². The molecule has 0 atom stereocenters. The normalized spacial score (nSPS) is 18.9. The van der Waals surface area contributed by atoms with E-state index in [1.54, 1.807) is 0 Å². The molecule has 2 aromatic carbocycles. The van der Waals surface area contributed by atoms with Gasteiger partial charge in [0.25, 0.3) is 0 Å². The van der Waals surface area contributed by atoms with Gasteiger partial charge in [0, 0.05) is 38.1 Å². The van der Waals surface area contributed by atoms with Crippen LogP contribution in [-0.4, -0.2) is 36.1 Å². The summed E-state index contributed by atoms with van der Waals surface area (Å²) in [5, 5.41) is 8.51. The van der Waals surface area contributed by atoms with Gasteiger partial charge in [-0.25, -0.2) is 4.98 Å². The first kappa shape index (κ1) is 21.6.